The van der Waals surface area contributed by atoms with Crippen molar-refractivity contribution in [2.75, 3.05) is 18.0 Å². The molecule has 1 aliphatic heterocycles. The molecule has 3 rings (SSSR count). The van der Waals surface area contributed by atoms with Crippen LogP contribution in [0.5, 0.6) is 0 Å². The standard InChI is InChI=1S/C19H22Cl2N4O/c20-16-6-5-15(17(21)10-16)13-24-19(26)23-12-14-4-7-18(22-11-14)25-8-2-1-3-9-25/h4-7,10-11H,1-3,8-9,12-13H2,(H2,23,24,26). The summed E-state index contributed by atoms with van der Waals surface area (Å²) in [6.45, 7) is 2.90. The maximum atomic E-state index is 12.0. The van der Waals surface area contributed by atoms with Crippen molar-refractivity contribution in [2.24, 2.45) is 0 Å². The Hall–Kier alpha value is -1.98. The SMILES string of the molecule is O=C(NCc1ccc(N2CCCCC2)nc1)NCc1ccc(Cl)cc1Cl. The van der Waals surface area contributed by atoms with Gasteiger partial charge in [-0.25, -0.2) is 9.78 Å². The van der Waals surface area contributed by atoms with Gasteiger partial charge in [0.15, 0.2) is 0 Å². The van der Waals surface area contributed by atoms with E-state index in [-0.39, 0.29) is 6.03 Å². The van der Waals surface area contributed by atoms with E-state index in [0.29, 0.717) is 23.1 Å². The zero-order valence-corrected chi connectivity index (χ0v) is 16.0. The highest BCUT2D eigenvalue weighted by Crippen LogP contribution is 2.20. The number of hydrogen-bond donors (Lipinski definition) is 2. The number of halogens is 2. The van der Waals surface area contributed by atoms with Crippen molar-refractivity contribution in [3.8, 4) is 0 Å². The zero-order chi connectivity index (χ0) is 18.4. The minimum atomic E-state index is -0.254. The Morgan fingerprint density at radius 3 is 2.50 bits per heavy atom. The number of aromatic nitrogens is 1. The van der Waals surface area contributed by atoms with Gasteiger partial charge in [0.1, 0.15) is 5.82 Å². The van der Waals surface area contributed by atoms with Gasteiger partial charge in [-0.1, -0.05) is 35.3 Å². The van der Waals surface area contributed by atoms with Crippen LogP contribution < -0.4 is 15.5 Å². The van der Waals surface area contributed by atoms with Gasteiger partial charge in [-0.3, -0.25) is 0 Å². The highest BCUT2D eigenvalue weighted by molar-refractivity contribution is 6.35. The molecule has 0 radical (unpaired) electrons. The van der Waals surface area contributed by atoms with Crippen molar-refractivity contribution in [2.45, 2.75) is 32.4 Å². The number of benzene rings is 1. The first-order valence-corrected chi connectivity index (χ1v) is 9.53. The average molecular weight is 393 g/mol. The Labute approximate surface area is 163 Å². The molecule has 1 aliphatic rings. The molecule has 2 N–H and O–H groups in total. The first kappa shape index (κ1) is 18.8. The average Bonchev–Trinajstić information content (AvgIpc) is 2.67. The van der Waals surface area contributed by atoms with Crippen molar-refractivity contribution in [3.63, 3.8) is 0 Å². The number of carbonyl (C=O) groups excluding carboxylic acids is 1. The normalized spacial score (nSPS) is 14.2. The van der Waals surface area contributed by atoms with E-state index in [1.165, 1.54) is 19.3 Å². The topological polar surface area (TPSA) is 57.3 Å². The van der Waals surface area contributed by atoms with Crippen molar-refractivity contribution >= 4 is 35.1 Å². The molecule has 7 heteroatoms. The second kappa shape index (κ2) is 9.10. The lowest BCUT2D eigenvalue weighted by atomic mass is 10.1. The molecular formula is C19H22Cl2N4O. The lowest BCUT2D eigenvalue weighted by Crippen LogP contribution is -2.34. The number of hydrogen-bond acceptors (Lipinski definition) is 3. The van der Waals surface area contributed by atoms with E-state index in [1.54, 1.807) is 18.2 Å². The van der Waals surface area contributed by atoms with Crippen LogP contribution in [0.2, 0.25) is 10.0 Å². The molecular weight excluding hydrogens is 371 g/mol. The van der Waals surface area contributed by atoms with Crippen LogP contribution in [0, 0.1) is 0 Å². The lowest BCUT2D eigenvalue weighted by Gasteiger charge is -2.27. The molecule has 2 amide bonds. The van der Waals surface area contributed by atoms with Crippen LogP contribution in [0.25, 0.3) is 0 Å². The van der Waals surface area contributed by atoms with Crippen LogP contribution in [0.4, 0.5) is 10.6 Å². The van der Waals surface area contributed by atoms with Gasteiger partial charge in [-0.2, -0.15) is 0 Å². The van der Waals surface area contributed by atoms with Crippen LogP contribution in [0.3, 0.4) is 0 Å². The number of pyridine rings is 1. The molecule has 2 heterocycles. The van der Waals surface area contributed by atoms with Gasteiger partial charge < -0.3 is 15.5 Å². The Bertz CT molecular complexity index is 746. The summed E-state index contributed by atoms with van der Waals surface area (Å²) in [6, 6.07) is 8.98. The molecule has 2 aromatic rings. The van der Waals surface area contributed by atoms with E-state index in [2.05, 4.69) is 20.5 Å². The molecule has 1 fully saturated rings. The molecule has 138 valence electrons. The van der Waals surface area contributed by atoms with Crippen LogP contribution in [-0.4, -0.2) is 24.1 Å². The summed E-state index contributed by atoms with van der Waals surface area (Å²) in [4.78, 5) is 18.8. The van der Waals surface area contributed by atoms with E-state index >= 15 is 0 Å². The molecule has 1 saturated heterocycles. The van der Waals surface area contributed by atoms with Gasteiger partial charge in [0, 0.05) is 42.4 Å². The number of nitrogens with zero attached hydrogens (tertiary/aromatic N) is 2. The van der Waals surface area contributed by atoms with E-state index in [4.69, 9.17) is 23.2 Å². The smallest absolute Gasteiger partial charge is 0.315 e. The first-order valence-electron chi connectivity index (χ1n) is 8.77. The summed E-state index contributed by atoms with van der Waals surface area (Å²) < 4.78 is 0. The van der Waals surface area contributed by atoms with E-state index in [1.807, 2.05) is 18.3 Å². The molecule has 0 bridgehead atoms. The Morgan fingerprint density at radius 1 is 1.04 bits per heavy atom. The van der Waals surface area contributed by atoms with Crippen LogP contribution >= 0.6 is 23.2 Å². The Kier molecular flexibility index (Phi) is 6.58. The van der Waals surface area contributed by atoms with Crippen LogP contribution in [0.15, 0.2) is 36.5 Å². The molecule has 5 nitrogen and oxygen atoms in total. The zero-order valence-electron chi connectivity index (χ0n) is 14.5. The summed E-state index contributed by atoms with van der Waals surface area (Å²) in [5.41, 5.74) is 1.78. The number of rotatable bonds is 5. The highest BCUT2D eigenvalue weighted by Gasteiger charge is 2.11. The number of nitrogens with one attached hydrogen (secondary N) is 2. The van der Waals surface area contributed by atoms with E-state index in [0.717, 1.165) is 30.0 Å². The molecule has 1 aromatic carbocycles. The monoisotopic (exact) mass is 392 g/mol. The third kappa shape index (κ3) is 5.26. The number of carbonyl (C=O) groups is 1. The summed E-state index contributed by atoms with van der Waals surface area (Å²) in [7, 11) is 0. The number of amides is 2. The van der Waals surface area contributed by atoms with Gasteiger partial charge >= 0.3 is 6.03 Å². The first-order chi connectivity index (χ1) is 12.6. The van der Waals surface area contributed by atoms with Gasteiger partial charge in [-0.15, -0.1) is 0 Å². The fraction of sp³-hybridized carbons (Fsp3) is 0.368. The second-order valence-electron chi connectivity index (χ2n) is 6.34. The van der Waals surface area contributed by atoms with Crippen LogP contribution in [0.1, 0.15) is 30.4 Å². The second-order valence-corrected chi connectivity index (χ2v) is 7.19. The Balaban J connectivity index is 1.45. The summed E-state index contributed by atoms with van der Waals surface area (Å²) in [6.07, 6.45) is 5.57. The van der Waals surface area contributed by atoms with E-state index < -0.39 is 0 Å². The number of urea groups is 1. The van der Waals surface area contributed by atoms with Gasteiger partial charge in [0.2, 0.25) is 0 Å². The predicted octanol–water partition coefficient (Wildman–Crippen LogP) is 4.38. The number of anilines is 1. The molecule has 0 spiro atoms. The van der Waals surface area contributed by atoms with Crippen molar-refractivity contribution in [3.05, 3.63) is 57.7 Å². The molecule has 0 aliphatic carbocycles. The fourth-order valence-corrected chi connectivity index (χ4v) is 3.39. The Morgan fingerprint density at radius 2 is 1.81 bits per heavy atom. The van der Waals surface area contributed by atoms with Crippen LogP contribution in [-0.2, 0) is 13.1 Å². The third-order valence-electron chi connectivity index (χ3n) is 4.40. The molecule has 0 unspecified atom stereocenters. The summed E-state index contributed by atoms with van der Waals surface area (Å²) in [5.74, 6) is 1.01. The van der Waals surface area contributed by atoms with E-state index in [9.17, 15) is 4.79 Å². The third-order valence-corrected chi connectivity index (χ3v) is 4.98. The predicted molar refractivity (Wildman–Crippen MR) is 106 cm³/mol. The van der Waals surface area contributed by atoms with Crippen molar-refractivity contribution in [1.82, 2.24) is 15.6 Å². The molecule has 0 saturated carbocycles. The summed E-state index contributed by atoms with van der Waals surface area (Å²) >= 11 is 12.0. The number of piperidine rings is 1. The van der Waals surface area contributed by atoms with Crippen molar-refractivity contribution < 1.29 is 4.79 Å². The quantitative estimate of drug-likeness (QED) is 0.793. The lowest BCUT2D eigenvalue weighted by molar-refractivity contribution is 0.240. The largest absolute Gasteiger partial charge is 0.357 e. The maximum Gasteiger partial charge on any atom is 0.315 e. The molecule has 0 atom stereocenters. The minimum Gasteiger partial charge on any atom is -0.357 e. The van der Waals surface area contributed by atoms with Gasteiger partial charge in [0.25, 0.3) is 0 Å². The van der Waals surface area contributed by atoms with Gasteiger partial charge in [0.05, 0.1) is 0 Å². The maximum absolute atomic E-state index is 12.0. The van der Waals surface area contributed by atoms with Gasteiger partial charge in [-0.05, 0) is 48.6 Å². The minimum absolute atomic E-state index is 0.254. The molecule has 1 aromatic heterocycles. The fourth-order valence-electron chi connectivity index (χ4n) is 2.92. The molecule has 26 heavy (non-hydrogen) atoms. The highest BCUT2D eigenvalue weighted by atomic mass is 35.5. The van der Waals surface area contributed by atoms with Crippen molar-refractivity contribution in [1.29, 1.82) is 0 Å². The summed E-state index contributed by atoms with van der Waals surface area (Å²) in [5, 5.41) is 6.72.